The quantitative estimate of drug-likeness (QED) is 0.945. The van der Waals surface area contributed by atoms with Crippen molar-refractivity contribution in [3.8, 4) is 0 Å². The molecule has 2 aromatic rings. The number of halogens is 2. The first kappa shape index (κ1) is 15.9. The van der Waals surface area contributed by atoms with Crippen molar-refractivity contribution < 1.29 is 18.7 Å². The van der Waals surface area contributed by atoms with E-state index in [0.717, 1.165) is 12.1 Å². The summed E-state index contributed by atoms with van der Waals surface area (Å²) < 4.78 is 27.6. The molecule has 0 saturated heterocycles. The van der Waals surface area contributed by atoms with Crippen molar-refractivity contribution in [3.63, 3.8) is 0 Å². The van der Waals surface area contributed by atoms with Gasteiger partial charge in [-0.15, -0.1) is 0 Å². The predicted molar refractivity (Wildman–Crippen MR) is 77.2 cm³/mol. The number of aromatic carboxylic acids is 1. The van der Waals surface area contributed by atoms with Crippen LogP contribution in [-0.2, 0) is 13.0 Å². The van der Waals surface area contributed by atoms with Gasteiger partial charge in [-0.2, -0.15) is 0 Å². The minimum atomic E-state index is -1.31. The SMILES string of the molecule is CCc1c(C)cc(C(=O)O)c(=O)n1Cc1ccc(F)c(F)c1. The van der Waals surface area contributed by atoms with Crippen molar-refractivity contribution in [2.45, 2.75) is 26.8 Å². The highest BCUT2D eigenvalue weighted by Gasteiger charge is 2.16. The number of carbonyl (C=O) groups is 1. The number of hydrogen-bond donors (Lipinski definition) is 1. The predicted octanol–water partition coefficient (Wildman–Crippen LogP) is 2.74. The lowest BCUT2D eigenvalue weighted by Gasteiger charge is -2.15. The number of nitrogens with zero attached hydrogens (tertiary/aromatic N) is 1. The number of carboxylic acid groups (broad SMARTS) is 1. The third-order valence-corrected chi connectivity index (χ3v) is 3.51. The fraction of sp³-hybridized carbons (Fsp3) is 0.250. The second kappa shape index (κ2) is 6.09. The number of hydrogen-bond acceptors (Lipinski definition) is 2. The summed E-state index contributed by atoms with van der Waals surface area (Å²) in [7, 11) is 0. The number of pyridine rings is 1. The van der Waals surface area contributed by atoms with Crippen LogP contribution < -0.4 is 5.56 Å². The maximum atomic E-state index is 13.3. The number of aromatic nitrogens is 1. The highest BCUT2D eigenvalue weighted by Crippen LogP contribution is 2.14. The Bertz CT molecular complexity index is 797. The molecule has 1 heterocycles. The van der Waals surface area contributed by atoms with Gasteiger partial charge < -0.3 is 9.67 Å². The van der Waals surface area contributed by atoms with Gasteiger partial charge in [-0.05, 0) is 42.7 Å². The van der Waals surface area contributed by atoms with E-state index in [1.165, 1.54) is 16.7 Å². The lowest BCUT2D eigenvalue weighted by atomic mass is 10.1. The van der Waals surface area contributed by atoms with Crippen molar-refractivity contribution in [1.29, 1.82) is 0 Å². The molecule has 22 heavy (non-hydrogen) atoms. The van der Waals surface area contributed by atoms with Gasteiger partial charge in [0.15, 0.2) is 11.6 Å². The Labute approximate surface area is 125 Å². The zero-order valence-corrected chi connectivity index (χ0v) is 12.2. The van der Waals surface area contributed by atoms with E-state index in [0.29, 0.717) is 23.2 Å². The van der Waals surface area contributed by atoms with Gasteiger partial charge in [0.1, 0.15) is 5.56 Å². The third-order valence-electron chi connectivity index (χ3n) is 3.51. The van der Waals surface area contributed by atoms with Gasteiger partial charge >= 0.3 is 5.97 Å². The van der Waals surface area contributed by atoms with E-state index in [-0.39, 0.29) is 12.1 Å². The standard InChI is InChI=1S/C16H15F2NO3/c1-3-14-9(2)6-11(16(21)22)15(20)19(14)8-10-4-5-12(17)13(18)7-10/h4-7H,3,8H2,1-2H3,(H,21,22). The zero-order chi connectivity index (χ0) is 16.4. The minimum absolute atomic E-state index is 0.0127. The van der Waals surface area contributed by atoms with E-state index >= 15 is 0 Å². The fourth-order valence-electron chi connectivity index (χ4n) is 2.45. The van der Waals surface area contributed by atoms with Gasteiger partial charge in [-0.3, -0.25) is 4.79 Å². The zero-order valence-electron chi connectivity index (χ0n) is 12.2. The van der Waals surface area contributed by atoms with Gasteiger partial charge in [-0.25, -0.2) is 13.6 Å². The Morgan fingerprint density at radius 3 is 2.45 bits per heavy atom. The molecule has 1 aromatic carbocycles. The van der Waals surface area contributed by atoms with Crippen molar-refractivity contribution in [2.75, 3.05) is 0 Å². The molecule has 0 fully saturated rings. The molecule has 4 nitrogen and oxygen atoms in total. The molecule has 6 heteroatoms. The molecule has 0 saturated carbocycles. The van der Waals surface area contributed by atoms with Crippen LogP contribution in [0, 0.1) is 18.6 Å². The number of rotatable bonds is 4. The summed E-state index contributed by atoms with van der Waals surface area (Å²) in [5, 5.41) is 9.10. The van der Waals surface area contributed by atoms with E-state index in [2.05, 4.69) is 0 Å². The Balaban J connectivity index is 2.60. The Kier molecular flexibility index (Phi) is 4.40. The normalized spacial score (nSPS) is 10.7. The molecule has 116 valence electrons. The second-order valence-corrected chi connectivity index (χ2v) is 4.99. The van der Waals surface area contributed by atoms with E-state index in [1.54, 1.807) is 6.92 Å². The monoisotopic (exact) mass is 307 g/mol. The van der Waals surface area contributed by atoms with Gasteiger partial charge in [0.25, 0.3) is 5.56 Å². The molecule has 0 aliphatic rings. The lowest BCUT2D eigenvalue weighted by molar-refractivity contribution is 0.0694. The van der Waals surface area contributed by atoms with Gasteiger partial charge in [0.05, 0.1) is 6.54 Å². The molecule has 0 radical (unpaired) electrons. The molecular weight excluding hydrogens is 292 g/mol. The van der Waals surface area contributed by atoms with Crippen molar-refractivity contribution in [1.82, 2.24) is 4.57 Å². The molecule has 0 spiro atoms. The molecule has 2 rings (SSSR count). The fourth-order valence-corrected chi connectivity index (χ4v) is 2.45. The van der Waals surface area contributed by atoms with Crippen LogP contribution in [0.25, 0.3) is 0 Å². The number of aryl methyl sites for hydroxylation is 1. The van der Waals surface area contributed by atoms with E-state index in [9.17, 15) is 18.4 Å². The van der Waals surface area contributed by atoms with E-state index < -0.39 is 23.2 Å². The summed E-state index contributed by atoms with van der Waals surface area (Å²) in [4.78, 5) is 23.5. The molecule has 0 bridgehead atoms. The summed E-state index contributed by atoms with van der Waals surface area (Å²) in [6, 6.07) is 4.69. The third kappa shape index (κ3) is 2.90. The maximum Gasteiger partial charge on any atom is 0.341 e. The smallest absolute Gasteiger partial charge is 0.341 e. The Morgan fingerprint density at radius 1 is 1.23 bits per heavy atom. The number of carboxylic acids is 1. The summed E-state index contributed by atoms with van der Waals surface area (Å²) >= 11 is 0. The average molecular weight is 307 g/mol. The molecule has 0 aliphatic carbocycles. The topological polar surface area (TPSA) is 59.3 Å². The molecule has 1 aromatic heterocycles. The minimum Gasteiger partial charge on any atom is -0.477 e. The molecule has 1 N–H and O–H groups in total. The van der Waals surface area contributed by atoms with Crippen LogP contribution in [0.4, 0.5) is 8.78 Å². The Hall–Kier alpha value is -2.50. The summed E-state index contributed by atoms with van der Waals surface area (Å²) in [6.07, 6.45) is 0.519. The van der Waals surface area contributed by atoms with Gasteiger partial charge in [0, 0.05) is 5.69 Å². The first-order valence-corrected chi connectivity index (χ1v) is 6.75. The largest absolute Gasteiger partial charge is 0.477 e. The van der Waals surface area contributed by atoms with Crippen LogP contribution in [0.5, 0.6) is 0 Å². The van der Waals surface area contributed by atoms with Crippen LogP contribution in [0.1, 0.15) is 34.1 Å². The van der Waals surface area contributed by atoms with Crippen LogP contribution in [-0.4, -0.2) is 15.6 Å². The van der Waals surface area contributed by atoms with Crippen LogP contribution in [0.2, 0.25) is 0 Å². The van der Waals surface area contributed by atoms with Crippen molar-refractivity contribution in [2.24, 2.45) is 0 Å². The molecule has 0 atom stereocenters. The number of benzene rings is 1. The van der Waals surface area contributed by atoms with E-state index in [1.807, 2.05) is 6.92 Å². The van der Waals surface area contributed by atoms with Crippen molar-refractivity contribution in [3.05, 3.63) is 68.6 Å². The van der Waals surface area contributed by atoms with Crippen molar-refractivity contribution >= 4 is 5.97 Å². The second-order valence-electron chi connectivity index (χ2n) is 4.99. The highest BCUT2D eigenvalue weighted by molar-refractivity contribution is 5.87. The highest BCUT2D eigenvalue weighted by atomic mass is 19.2. The van der Waals surface area contributed by atoms with Crippen LogP contribution in [0.15, 0.2) is 29.1 Å². The first-order chi connectivity index (χ1) is 10.3. The van der Waals surface area contributed by atoms with Gasteiger partial charge in [-0.1, -0.05) is 13.0 Å². The Morgan fingerprint density at radius 2 is 1.91 bits per heavy atom. The summed E-state index contributed by atoms with van der Waals surface area (Å²) in [6.45, 7) is 3.54. The average Bonchev–Trinajstić information content (AvgIpc) is 2.46. The first-order valence-electron chi connectivity index (χ1n) is 6.75. The molecule has 0 unspecified atom stereocenters. The molecule has 0 aliphatic heterocycles. The maximum absolute atomic E-state index is 13.3. The molecular formula is C16H15F2NO3. The molecule has 0 amide bonds. The summed E-state index contributed by atoms with van der Waals surface area (Å²) in [5.74, 6) is -3.29. The summed E-state index contributed by atoms with van der Waals surface area (Å²) in [5.41, 5.74) is 0.733. The van der Waals surface area contributed by atoms with Gasteiger partial charge in [0.2, 0.25) is 0 Å². The van der Waals surface area contributed by atoms with Crippen LogP contribution in [0.3, 0.4) is 0 Å². The lowest BCUT2D eigenvalue weighted by Crippen LogP contribution is -2.30. The van der Waals surface area contributed by atoms with E-state index in [4.69, 9.17) is 5.11 Å². The van der Waals surface area contributed by atoms with Crippen LogP contribution >= 0.6 is 0 Å².